The third kappa shape index (κ3) is 2.40. The van der Waals surface area contributed by atoms with Gasteiger partial charge in [0.25, 0.3) is 0 Å². The zero-order valence-electron chi connectivity index (χ0n) is 10.7. The van der Waals surface area contributed by atoms with Crippen LogP contribution in [0.15, 0.2) is 54.9 Å². The summed E-state index contributed by atoms with van der Waals surface area (Å²) in [5.74, 6) is 0.633. The molecule has 3 rings (SSSR count). The van der Waals surface area contributed by atoms with Crippen LogP contribution in [-0.2, 0) is 6.61 Å². The maximum absolute atomic E-state index is 5.84. The quantitative estimate of drug-likeness (QED) is 0.713. The van der Waals surface area contributed by atoms with E-state index >= 15 is 0 Å². The van der Waals surface area contributed by atoms with Gasteiger partial charge in [-0.25, -0.2) is 9.97 Å². The van der Waals surface area contributed by atoms with Crippen LogP contribution < -0.4 is 4.74 Å². The fourth-order valence-corrected chi connectivity index (χ4v) is 2.01. The lowest BCUT2D eigenvalue weighted by Crippen LogP contribution is -2.00. The molecule has 0 spiro atoms. The van der Waals surface area contributed by atoms with Crippen molar-refractivity contribution in [3.63, 3.8) is 0 Å². The molecule has 3 aromatic rings. The summed E-state index contributed by atoms with van der Waals surface area (Å²) < 4.78 is 5.84. The Labute approximate surface area is 111 Å². The molecule has 0 aliphatic rings. The van der Waals surface area contributed by atoms with Gasteiger partial charge < -0.3 is 4.74 Å². The molecule has 0 radical (unpaired) electrons. The molecule has 0 aliphatic heterocycles. The van der Waals surface area contributed by atoms with E-state index in [1.807, 2.05) is 36.4 Å². The van der Waals surface area contributed by atoms with Gasteiger partial charge in [0.05, 0.1) is 10.9 Å². The van der Waals surface area contributed by atoms with Gasteiger partial charge in [-0.05, 0) is 30.2 Å². The second-order valence-electron chi connectivity index (χ2n) is 4.41. The Balaban J connectivity index is 1.88. The van der Waals surface area contributed by atoms with Crippen LogP contribution in [0.25, 0.3) is 10.9 Å². The zero-order valence-corrected chi connectivity index (χ0v) is 10.7. The second-order valence-corrected chi connectivity index (χ2v) is 4.41. The van der Waals surface area contributed by atoms with Gasteiger partial charge in [0, 0.05) is 0 Å². The fraction of sp³-hybridized carbons (Fsp3) is 0.125. The lowest BCUT2D eigenvalue weighted by atomic mass is 10.1. The first kappa shape index (κ1) is 11.7. The maximum atomic E-state index is 5.84. The molecule has 0 saturated carbocycles. The largest absolute Gasteiger partial charge is 0.472 e. The van der Waals surface area contributed by atoms with Crippen LogP contribution in [0, 0.1) is 6.92 Å². The van der Waals surface area contributed by atoms with Crippen LogP contribution in [0.2, 0.25) is 0 Å². The third-order valence-electron chi connectivity index (χ3n) is 3.13. The van der Waals surface area contributed by atoms with Crippen molar-refractivity contribution in [2.75, 3.05) is 0 Å². The first-order valence-electron chi connectivity index (χ1n) is 6.21. The van der Waals surface area contributed by atoms with Gasteiger partial charge in [-0.3, -0.25) is 0 Å². The summed E-state index contributed by atoms with van der Waals surface area (Å²) in [6, 6.07) is 16.0. The van der Waals surface area contributed by atoms with Gasteiger partial charge in [0.15, 0.2) is 0 Å². The van der Waals surface area contributed by atoms with Crippen molar-refractivity contribution in [3.05, 3.63) is 66.0 Å². The van der Waals surface area contributed by atoms with E-state index < -0.39 is 0 Å². The van der Waals surface area contributed by atoms with Crippen molar-refractivity contribution >= 4 is 10.9 Å². The average Bonchev–Trinajstić information content (AvgIpc) is 2.46. The van der Waals surface area contributed by atoms with Gasteiger partial charge in [0.1, 0.15) is 12.9 Å². The molecule has 0 bridgehead atoms. The van der Waals surface area contributed by atoms with Crippen LogP contribution in [0.5, 0.6) is 5.88 Å². The van der Waals surface area contributed by atoms with Gasteiger partial charge >= 0.3 is 0 Å². The summed E-state index contributed by atoms with van der Waals surface area (Å²) in [5.41, 5.74) is 3.29. The summed E-state index contributed by atoms with van der Waals surface area (Å²) in [6.07, 6.45) is 1.54. The normalized spacial score (nSPS) is 10.6. The Morgan fingerprint density at radius 1 is 0.947 bits per heavy atom. The number of hydrogen-bond donors (Lipinski definition) is 0. The molecule has 0 saturated heterocycles. The first-order chi connectivity index (χ1) is 9.34. The Kier molecular flexibility index (Phi) is 3.11. The fourth-order valence-electron chi connectivity index (χ4n) is 2.01. The van der Waals surface area contributed by atoms with E-state index in [0.717, 1.165) is 10.9 Å². The minimum atomic E-state index is 0.522. The van der Waals surface area contributed by atoms with Crippen molar-refractivity contribution in [2.24, 2.45) is 0 Å². The summed E-state index contributed by atoms with van der Waals surface area (Å²) in [6.45, 7) is 2.60. The highest BCUT2D eigenvalue weighted by Crippen LogP contribution is 2.21. The molecular weight excluding hydrogens is 236 g/mol. The van der Waals surface area contributed by atoms with Crippen molar-refractivity contribution in [1.82, 2.24) is 9.97 Å². The smallest absolute Gasteiger partial charge is 0.224 e. The minimum Gasteiger partial charge on any atom is -0.472 e. The molecule has 3 heteroatoms. The number of ether oxygens (including phenoxy) is 1. The van der Waals surface area contributed by atoms with Crippen molar-refractivity contribution in [3.8, 4) is 5.88 Å². The predicted molar refractivity (Wildman–Crippen MR) is 75.0 cm³/mol. The Morgan fingerprint density at radius 2 is 1.74 bits per heavy atom. The van der Waals surface area contributed by atoms with Crippen LogP contribution in [-0.4, -0.2) is 9.97 Å². The summed E-state index contributed by atoms with van der Waals surface area (Å²) in [4.78, 5) is 8.44. The molecule has 19 heavy (non-hydrogen) atoms. The van der Waals surface area contributed by atoms with Gasteiger partial charge in [-0.15, -0.1) is 0 Å². The number of rotatable bonds is 3. The van der Waals surface area contributed by atoms with E-state index in [1.54, 1.807) is 0 Å². The molecule has 0 amide bonds. The van der Waals surface area contributed by atoms with E-state index in [0.29, 0.717) is 12.5 Å². The SMILES string of the molecule is Cc1ccccc1COc1ncnc2ccccc12. The van der Waals surface area contributed by atoms with E-state index in [-0.39, 0.29) is 0 Å². The Morgan fingerprint density at radius 3 is 2.63 bits per heavy atom. The van der Waals surface area contributed by atoms with Gasteiger partial charge in [0.2, 0.25) is 5.88 Å². The zero-order chi connectivity index (χ0) is 13.1. The van der Waals surface area contributed by atoms with E-state index in [2.05, 4.69) is 29.0 Å². The topological polar surface area (TPSA) is 35.0 Å². The Hall–Kier alpha value is -2.42. The molecule has 0 N–H and O–H groups in total. The monoisotopic (exact) mass is 250 g/mol. The molecule has 1 aromatic heterocycles. The van der Waals surface area contributed by atoms with Crippen molar-refractivity contribution in [1.29, 1.82) is 0 Å². The molecule has 0 fully saturated rings. The van der Waals surface area contributed by atoms with E-state index in [4.69, 9.17) is 4.74 Å². The van der Waals surface area contributed by atoms with E-state index in [1.165, 1.54) is 17.5 Å². The summed E-state index contributed by atoms with van der Waals surface area (Å²) in [7, 11) is 0. The molecule has 1 heterocycles. The summed E-state index contributed by atoms with van der Waals surface area (Å²) in [5, 5.41) is 0.943. The van der Waals surface area contributed by atoms with Crippen LogP contribution in [0.3, 0.4) is 0 Å². The maximum Gasteiger partial charge on any atom is 0.224 e. The van der Waals surface area contributed by atoms with Gasteiger partial charge in [-0.1, -0.05) is 36.4 Å². The number of benzene rings is 2. The van der Waals surface area contributed by atoms with Crippen LogP contribution in [0.1, 0.15) is 11.1 Å². The Bertz CT molecular complexity index is 704. The number of aryl methyl sites for hydroxylation is 1. The van der Waals surface area contributed by atoms with E-state index in [9.17, 15) is 0 Å². The van der Waals surface area contributed by atoms with Crippen molar-refractivity contribution < 1.29 is 4.74 Å². The molecule has 0 atom stereocenters. The average molecular weight is 250 g/mol. The number of aromatic nitrogens is 2. The highest BCUT2D eigenvalue weighted by atomic mass is 16.5. The number of para-hydroxylation sites is 1. The number of hydrogen-bond acceptors (Lipinski definition) is 3. The number of fused-ring (bicyclic) bond motifs is 1. The molecule has 2 aromatic carbocycles. The third-order valence-corrected chi connectivity index (χ3v) is 3.13. The highest BCUT2D eigenvalue weighted by molar-refractivity contribution is 5.82. The molecule has 3 nitrogen and oxygen atoms in total. The first-order valence-corrected chi connectivity index (χ1v) is 6.21. The molecule has 94 valence electrons. The molecule has 0 aliphatic carbocycles. The highest BCUT2D eigenvalue weighted by Gasteiger charge is 2.05. The summed E-state index contributed by atoms with van der Waals surface area (Å²) >= 11 is 0. The lowest BCUT2D eigenvalue weighted by Gasteiger charge is -2.09. The van der Waals surface area contributed by atoms with Crippen LogP contribution >= 0.6 is 0 Å². The molecular formula is C16H14N2O. The van der Waals surface area contributed by atoms with Gasteiger partial charge in [-0.2, -0.15) is 0 Å². The minimum absolute atomic E-state index is 0.522. The lowest BCUT2D eigenvalue weighted by molar-refractivity contribution is 0.297. The van der Waals surface area contributed by atoms with Crippen LogP contribution in [0.4, 0.5) is 0 Å². The predicted octanol–water partition coefficient (Wildman–Crippen LogP) is 3.52. The standard InChI is InChI=1S/C16H14N2O/c1-12-6-2-3-7-13(12)10-19-16-14-8-4-5-9-15(14)17-11-18-16/h2-9,11H,10H2,1H3. The second kappa shape index (κ2) is 5.06. The van der Waals surface area contributed by atoms with Crippen molar-refractivity contribution in [2.45, 2.75) is 13.5 Å². The number of nitrogens with zero attached hydrogens (tertiary/aromatic N) is 2. The molecule has 0 unspecified atom stereocenters.